The fraction of sp³-hybridized carbons (Fsp3) is 0.462. The van der Waals surface area contributed by atoms with E-state index in [1.54, 1.807) is 18.3 Å². The number of carbonyl (C=O) groups excluding carboxylic acids is 1. The van der Waals surface area contributed by atoms with Gasteiger partial charge in [-0.05, 0) is 18.4 Å². The van der Waals surface area contributed by atoms with Gasteiger partial charge in [-0.3, -0.25) is 4.79 Å². The molecule has 1 aliphatic heterocycles. The van der Waals surface area contributed by atoms with E-state index >= 15 is 0 Å². The van der Waals surface area contributed by atoms with Crippen molar-refractivity contribution < 1.29 is 24.2 Å². The third-order valence-corrected chi connectivity index (χ3v) is 3.06. The lowest BCUT2D eigenvalue weighted by atomic mass is 10.2. The molecule has 7 heteroatoms. The third-order valence-electron chi connectivity index (χ3n) is 3.06. The third kappa shape index (κ3) is 3.45. The molecule has 2 unspecified atom stereocenters. The fourth-order valence-electron chi connectivity index (χ4n) is 1.95. The Morgan fingerprint density at radius 3 is 2.75 bits per heavy atom. The Bertz CT molecular complexity index is 488. The zero-order valence-electron chi connectivity index (χ0n) is 11.0. The van der Waals surface area contributed by atoms with Crippen molar-refractivity contribution in [2.24, 2.45) is 0 Å². The second kappa shape index (κ2) is 6.33. The quantitative estimate of drug-likeness (QED) is 0.807. The SMILES string of the molecule is COc1ccc(CNC(=O)C2CCC(C(=O)O)O2)cn1. The molecule has 1 saturated heterocycles. The van der Waals surface area contributed by atoms with Crippen LogP contribution in [-0.4, -0.2) is 41.3 Å². The standard InChI is InChI=1S/C13H16N2O5/c1-19-11-5-2-8(6-14-11)7-15-12(16)9-3-4-10(20-9)13(17)18/h2,5-6,9-10H,3-4,7H2,1H3,(H,15,16)(H,17,18). The summed E-state index contributed by atoms with van der Waals surface area (Å²) >= 11 is 0. The minimum Gasteiger partial charge on any atom is -0.481 e. The van der Waals surface area contributed by atoms with E-state index in [-0.39, 0.29) is 5.91 Å². The topological polar surface area (TPSA) is 97.8 Å². The average Bonchev–Trinajstić information content (AvgIpc) is 2.95. The van der Waals surface area contributed by atoms with Gasteiger partial charge in [-0.1, -0.05) is 6.07 Å². The van der Waals surface area contributed by atoms with Crippen LogP contribution in [0.25, 0.3) is 0 Å². The van der Waals surface area contributed by atoms with Gasteiger partial charge in [0.15, 0.2) is 6.10 Å². The molecule has 2 N–H and O–H groups in total. The van der Waals surface area contributed by atoms with E-state index < -0.39 is 18.2 Å². The van der Waals surface area contributed by atoms with Gasteiger partial charge in [-0.2, -0.15) is 0 Å². The fourth-order valence-corrected chi connectivity index (χ4v) is 1.95. The predicted octanol–water partition coefficient (Wildman–Crippen LogP) is 0.339. The summed E-state index contributed by atoms with van der Waals surface area (Å²) in [7, 11) is 1.53. The summed E-state index contributed by atoms with van der Waals surface area (Å²) in [6.45, 7) is 0.313. The lowest BCUT2D eigenvalue weighted by molar-refractivity contribution is -0.151. The minimum absolute atomic E-state index is 0.301. The number of nitrogens with one attached hydrogen (secondary N) is 1. The predicted molar refractivity (Wildman–Crippen MR) is 68.2 cm³/mol. The molecule has 1 fully saturated rings. The molecule has 0 aliphatic carbocycles. The molecule has 1 aromatic heterocycles. The van der Waals surface area contributed by atoms with E-state index in [9.17, 15) is 9.59 Å². The van der Waals surface area contributed by atoms with Gasteiger partial charge in [-0.25, -0.2) is 9.78 Å². The number of nitrogens with zero attached hydrogens (tertiary/aromatic N) is 1. The molecule has 108 valence electrons. The van der Waals surface area contributed by atoms with E-state index in [0.29, 0.717) is 25.3 Å². The van der Waals surface area contributed by atoms with Crippen LogP contribution >= 0.6 is 0 Å². The number of aromatic nitrogens is 1. The number of hydrogen-bond acceptors (Lipinski definition) is 5. The number of methoxy groups -OCH3 is 1. The van der Waals surface area contributed by atoms with Crippen LogP contribution in [0.5, 0.6) is 5.88 Å². The van der Waals surface area contributed by atoms with Crippen molar-refractivity contribution in [1.82, 2.24) is 10.3 Å². The number of aliphatic carboxylic acids is 1. The van der Waals surface area contributed by atoms with Gasteiger partial charge < -0.3 is 19.9 Å². The Labute approximate surface area is 115 Å². The summed E-state index contributed by atoms with van der Waals surface area (Å²) in [5.74, 6) is -0.826. The van der Waals surface area contributed by atoms with Crippen LogP contribution in [0, 0.1) is 0 Å². The first-order valence-electron chi connectivity index (χ1n) is 6.25. The molecular formula is C13H16N2O5. The highest BCUT2D eigenvalue weighted by Gasteiger charge is 2.34. The maximum Gasteiger partial charge on any atom is 0.332 e. The lowest BCUT2D eigenvalue weighted by Gasteiger charge is -2.11. The summed E-state index contributed by atoms with van der Waals surface area (Å²) < 4.78 is 10.1. The van der Waals surface area contributed by atoms with Crippen LogP contribution in [0.1, 0.15) is 18.4 Å². The number of amides is 1. The molecular weight excluding hydrogens is 264 g/mol. The van der Waals surface area contributed by atoms with Crippen LogP contribution in [-0.2, 0) is 20.9 Å². The number of carbonyl (C=O) groups is 2. The zero-order valence-corrected chi connectivity index (χ0v) is 11.0. The lowest BCUT2D eigenvalue weighted by Crippen LogP contribution is -2.35. The van der Waals surface area contributed by atoms with Crippen molar-refractivity contribution in [3.8, 4) is 5.88 Å². The molecule has 0 spiro atoms. The normalized spacial score (nSPS) is 21.4. The maximum absolute atomic E-state index is 11.8. The van der Waals surface area contributed by atoms with Crippen LogP contribution in [0.4, 0.5) is 0 Å². The molecule has 0 bridgehead atoms. The average molecular weight is 280 g/mol. The van der Waals surface area contributed by atoms with E-state index in [2.05, 4.69) is 10.3 Å². The Morgan fingerprint density at radius 1 is 1.45 bits per heavy atom. The molecule has 0 radical (unpaired) electrons. The Hall–Kier alpha value is -2.15. The van der Waals surface area contributed by atoms with Gasteiger partial charge in [0, 0.05) is 18.8 Å². The highest BCUT2D eigenvalue weighted by Crippen LogP contribution is 2.20. The van der Waals surface area contributed by atoms with Crippen LogP contribution in [0.3, 0.4) is 0 Å². The maximum atomic E-state index is 11.8. The van der Waals surface area contributed by atoms with Gasteiger partial charge in [0.1, 0.15) is 6.10 Å². The number of carboxylic acid groups (broad SMARTS) is 1. The first-order chi connectivity index (χ1) is 9.60. The molecule has 2 rings (SSSR count). The Kier molecular flexibility index (Phi) is 4.52. The highest BCUT2D eigenvalue weighted by atomic mass is 16.5. The van der Waals surface area contributed by atoms with E-state index in [0.717, 1.165) is 5.56 Å². The minimum atomic E-state index is -1.03. The van der Waals surface area contributed by atoms with Crippen LogP contribution < -0.4 is 10.1 Å². The van der Waals surface area contributed by atoms with Crippen LogP contribution in [0.2, 0.25) is 0 Å². The molecule has 2 atom stereocenters. The number of pyridine rings is 1. The highest BCUT2D eigenvalue weighted by molar-refractivity contribution is 5.82. The second-order valence-corrected chi connectivity index (χ2v) is 4.46. The van der Waals surface area contributed by atoms with Gasteiger partial charge >= 0.3 is 5.97 Å². The molecule has 0 saturated carbocycles. The second-order valence-electron chi connectivity index (χ2n) is 4.46. The molecule has 1 amide bonds. The summed E-state index contributed by atoms with van der Waals surface area (Å²) in [5, 5.41) is 11.5. The van der Waals surface area contributed by atoms with Crippen molar-refractivity contribution in [2.45, 2.75) is 31.6 Å². The Balaban J connectivity index is 1.81. The zero-order chi connectivity index (χ0) is 14.5. The summed E-state index contributed by atoms with van der Waals surface area (Å²) in [5.41, 5.74) is 0.826. The van der Waals surface area contributed by atoms with Crippen molar-refractivity contribution in [3.05, 3.63) is 23.9 Å². The molecule has 2 heterocycles. The summed E-state index contributed by atoms with van der Waals surface area (Å²) in [6.07, 6.45) is 0.811. The number of ether oxygens (including phenoxy) is 2. The molecule has 20 heavy (non-hydrogen) atoms. The first kappa shape index (κ1) is 14.3. The first-order valence-corrected chi connectivity index (χ1v) is 6.25. The Morgan fingerprint density at radius 2 is 2.20 bits per heavy atom. The molecule has 1 aromatic rings. The number of rotatable bonds is 5. The molecule has 7 nitrogen and oxygen atoms in total. The van der Waals surface area contributed by atoms with Crippen molar-refractivity contribution >= 4 is 11.9 Å². The van der Waals surface area contributed by atoms with Crippen molar-refractivity contribution in [3.63, 3.8) is 0 Å². The van der Waals surface area contributed by atoms with Crippen molar-refractivity contribution in [1.29, 1.82) is 0 Å². The van der Waals surface area contributed by atoms with Gasteiger partial charge in [-0.15, -0.1) is 0 Å². The monoisotopic (exact) mass is 280 g/mol. The van der Waals surface area contributed by atoms with Gasteiger partial charge in [0.25, 0.3) is 0 Å². The van der Waals surface area contributed by atoms with Gasteiger partial charge in [0.2, 0.25) is 11.8 Å². The van der Waals surface area contributed by atoms with Crippen LogP contribution in [0.15, 0.2) is 18.3 Å². The van der Waals surface area contributed by atoms with E-state index in [1.807, 2.05) is 0 Å². The number of hydrogen-bond donors (Lipinski definition) is 2. The largest absolute Gasteiger partial charge is 0.481 e. The van der Waals surface area contributed by atoms with E-state index in [1.165, 1.54) is 7.11 Å². The molecule has 1 aliphatic rings. The number of carboxylic acids is 1. The van der Waals surface area contributed by atoms with Gasteiger partial charge in [0.05, 0.1) is 7.11 Å². The smallest absolute Gasteiger partial charge is 0.332 e. The summed E-state index contributed by atoms with van der Waals surface area (Å²) in [6, 6.07) is 3.50. The summed E-state index contributed by atoms with van der Waals surface area (Å²) in [4.78, 5) is 26.6. The molecule has 0 aromatic carbocycles. The van der Waals surface area contributed by atoms with E-state index in [4.69, 9.17) is 14.6 Å². The van der Waals surface area contributed by atoms with Crippen molar-refractivity contribution in [2.75, 3.05) is 7.11 Å².